The summed E-state index contributed by atoms with van der Waals surface area (Å²) in [5.41, 5.74) is 5.37. The van der Waals surface area contributed by atoms with E-state index in [0.717, 1.165) is 22.8 Å². The number of nitrogens with one attached hydrogen (secondary N) is 1. The predicted octanol–water partition coefficient (Wildman–Crippen LogP) is 2.04. The van der Waals surface area contributed by atoms with E-state index >= 15 is 0 Å². The van der Waals surface area contributed by atoms with E-state index in [2.05, 4.69) is 5.32 Å². The van der Waals surface area contributed by atoms with Crippen LogP contribution in [0.3, 0.4) is 0 Å². The number of halogens is 1. The summed E-state index contributed by atoms with van der Waals surface area (Å²) in [7, 11) is 0. The minimum atomic E-state index is -0.279. The van der Waals surface area contributed by atoms with E-state index in [9.17, 15) is 4.79 Å². The molecule has 0 heterocycles. The highest BCUT2D eigenvalue weighted by Gasteiger charge is 2.27. The van der Waals surface area contributed by atoms with E-state index in [4.69, 9.17) is 17.3 Å². The molecule has 5 heteroatoms. The fourth-order valence-electron chi connectivity index (χ4n) is 1.46. The SMILES string of the molecule is NC(=O)C(CSc1ccc(Cl)cc1)NC1CC1. The van der Waals surface area contributed by atoms with Crippen molar-refractivity contribution in [1.82, 2.24) is 5.32 Å². The molecule has 1 unspecified atom stereocenters. The highest BCUT2D eigenvalue weighted by Crippen LogP contribution is 2.23. The van der Waals surface area contributed by atoms with Gasteiger partial charge in [0.1, 0.15) is 0 Å². The van der Waals surface area contributed by atoms with Gasteiger partial charge in [-0.3, -0.25) is 4.79 Å². The van der Waals surface area contributed by atoms with Gasteiger partial charge in [-0.15, -0.1) is 11.8 Å². The van der Waals surface area contributed by atoms with Crippen molar-refractivity contribution in [3.8, 4) is 0 Å². The van der Waals surface area contributed by atoms with Crippen molar-refractivity contribution in [2.75, 3.05) is 5.75 Å². The summed E-state index contributed by atoms with van der Waals surface area (Å²) in [6, 6.07) is 7.82. The van der Waals surface area contributed by atoms with Crippen LogP contribution < -0.4 is 11.1 Å². The van der Waals surface area contributed by atoms with Gasteiger partial charge in [-0.25, -0.2) is 0 Å². The second kappa shape index (κ2) is 5.76. The topological polar surface area (TPSA) is 55.1 Å². The van der Waals surface area contributed by atoms with Crippen LogP contribution in [0, 0.1) is 0 Å². The minimum absolute atomic E-state index is 0.247. The monoisotopic (exact) mass is 270 g/mol. The van der Waals surface area contributed by atoms with Crippen LogP contribution in [0.2, 0.25) is 5.02 Å². The van der Waals surface area contributed by atoms with E-state index < -0.39 is 0 Å². The van der Waals surface area contributed by atoms with Crippen LogP contribution in [0.4, 0.5) is 0 Å². The van der Waals surface area contributed by atoms with Gasteiger partial charge >= 0.3 is 0 Å². The van der Waals surface area contributed by atoms with Crippen molar-refractivity contribution in [3.05, 3.63) is 29.3 Å². The number of thioether (sulfide) groups is 1. The van der Waals surface area contributed by atoms with Crippen LogP contribution in [-0.2, 0) is 4.79 Å². The van der Waals surface area contributed by atoms with Gasteiger partial charge in [0.05, 0.1) is 6.04 Å². The Kier molecular flexibility index (Phi) is 4.31. The summed E-state index contributed by atoms with van der Waals surface area (Å²) in [6.45, 7) is 0. The first-order chi connectivity index (χ1) is 8.15. The quantitative estimate of drug-likeness (QED) is 0.778. The molecule has 0 spiro atoms. The largest absolute Gasteiger partial charge is 0.368 e. The van der Waals surface area contributed by atoms with Crippen molar-refractivity contribution < 1.29 is 4.79 Å². The highest BCUT2D eigenvalue weighted by molar-refractivity contribution is 7.99. The van der Waals surface area contributed by atoms with Gasteiger partial charge in [0, 0.05) is 21.7 Å². The molecule has 2 rings (SSSR count). The molecule has 1 aliphatic carbocycles. The first kappa shape index (κ1) is 12.7. The summed E-state index contributed by atoms with van der Waals surface area (Å²) < 4.78 is 0. The number of carbonyl (C=O) groups is 1. The molecule has 1 amide bonds. The number of amides is 1. The molecular formula is C12H15ClN2OS. The fourth-order valence-corrected chi connectivity index (χ4v) is 2.53. The molecule has 1 atom stereocenters. The normalized spacial score (nSPS) is 16.8. The third kappa shape index (κ3) is 4.22. The molecule has 1 aromatic rings. The lowest BCUT2D eigenvalue weighted by atomic mass is 10.3. The maximum absolute atomic E-state index is 11.3. The smallest absolute Gasteiger partial charge is 0.235 e. The fraction of sp³-hybridized carbons (Fsp3) is 0.417. The Morgan fingerprint density at radius 2 is 2.12 bits per heavy atom. The number of hydrogen-bond acceptors (Lipinski definition) is 3. The van der Waals surface area contributed by atoms with Gasteiger partial charge in [0.2, 0.25) is 5.91 Å². The summed E-state index contributed by atoms with van der Waals surface area (Å²) in [5, 5.41) is 3.97. The van der Waals surface area contributed by atoms with Crippen LogP contribution >= 0.6 is 23.4 Å². The molecule has 0 saturated heterocycles. The maximum atomic E-state index is 11.3. The molecule has 92 valence electrons. The third-order valence-electron chi connectivity index (χ3n) is 2.59. The Labute approximate surface area is 110 Å². The number of benzene rings is 1. The summed E-state index contributed by atoms with van der Waals surface area (Å²) in [4.78, 5) is 12.4. The van der Waals surface area contributed by atoms with E-state index in [-0.39, 0.29) is 11.9 Å². The summed E-state index contributed by atoms with van der Waals surface area (Å²) >= 11 is 7.42. The van der Waals surface area contributed by atoms with Crippen LogP contribution in [0.5, 0.6) is 0 Å². The van der Waals surface area contributed by atoms with Crippen molar-refractivity contribution in [2.24, 2.45) is 5.73 Å². The van der Waals surface area contributed by atoms with Gasteiger partial charge in [-0.2, -0.15) is 0 Å². The Hall–Kier alpha value is -0.710. The van der Waals surface area contributed by atoms with Crippen LogP contribution in [0.15, 0.2) is 29.2 Å². The Morgan fingerprint density at radius 3 is 2.65 bits per heavy atom. The first-order valence-electron chi connectivity index (χ1n) is 5.59. The van der Waals surface area contributed by atoms with Gasteiger partial charge in [-0.1, -0.05) is 11.6 Å². The number of carbonyl (C=O) groups excluding carboxylic acids is 1. The molecule has 0 aromatic heterocycles. The van der Waals surface area contributed by atoms with Crippen molar-refractivity contribution in [1.29, 1.82) is 0 Å². The lowest BCUT2D eigenvalue weighted by molar-refractivity contribution is -0.119. The second-order valence-corrected chi connectivity index (χ2v) is 5.69. The summed E-state index contributed by atoms with van der Waals surface area (Å²) in [6.07, 6.45) is 2.30. The minimum Gasteiger partial charge on any atom is -0.368 e. The van der Waals surface area contributed by atoms with Gasteiger partial charge in [-0.05, 0) is 37.1 Å². The van der Waals surface area contributed by atoms with Gasteiger partial charge < -0.3 is 11.1 Å². The molecule has 3 nitrogen and oxygen atoms in total. The van der Waals surface area contributed by atoms with Crippen LogP contribution in [-0.4, -0.2) is 23.7 Å². The third-order valence-corrected chi connectivity index (χ3v) is 3.95. The van der Waals surface area contributed by atoms with Crippen molar-refractivity contribution in [2.45, 2.75) is 29.8 Å². The molecule has 1 aromatic carbocycles. The zero-order valence-electron chi connectivity index (χ0n) is 9.36. The molecule has 3 N–H and O–H groups in total. The molecule has 1 fully saturated rings. The van der Waals surface area contributed by atoms with Crippen LogP contribution in [0.1, 0.15) is 12.8 Å². The molecule has 1 aliphatic rings. The number of primary amides is 1. The Bertz CT molecular complexity index is 392. The van der Waals surface area contributed by atoms with E-state index in [1.165, 1.54) is 0 Å². The zero-order chi connectivity index (χ0) is 12.3. The van der Waals surface area contributed by atoms with E-state index in [0.29, 0.717) is 11.8 Å². The molecule has 0 aliphatic heterocycles. The van der Waals surface area contributed by atoms with Crippen molar-refractivity contribution >= 4 is 29.3 Å². The van der Waals surface area contributed by atoms with Gasteiger partial charge in [0.25, 0.3) is 0 Å². The van der Waals surface area contributed by atoms with E-state index in [1.807, 2.05) is 24.3 Å². The lowest BCUT2D eigenvalue weighted by Gasteiger charge is -2.14. The number of rotatable bonds is 6. The predicted molar refractivity (Wildman–Crippen MR) is 71.3 cm³/mol. The number of hydrogen-bond donors (Lipinski definition) is 2. The molecular weight excluding hydrogens is 256 g/mol. The molecule has 0 bridgehead atoms. The van der Waals surface area contributed by atoms with Crippen molar-refractivity contribution in [3.63, 3.8) is 0 Å². The molecule has 1 saturated carbocycles. The maximum Gasteiger partial charge on any atom is 0.235 e. The zero-order valence-corrected chi connectivity index (χ0v) is 10.9. The molecule has 17 heavy (non-hydrogen) atoms. The second-order valence-electron chi connectivity index (χ2n) is 4.16. The lowest BCUT2D eigenvalue weighted by Crippen LogP contribution is -2.44. The van der Waals surface area contributed by atoms with Crippen LogP contribution in [0.25, 0.3) is 0 Å². The number of nitrogens with two attached hydrogens (primary N) is 1. The average Bonchev–Trinajstić information content (AvgIpc) is 3.10. The Balaban J connectivity index is 1.85. The molecule has 0 radical (unpaired) electrons. The van der Waals surface area contributed by atoms with E-state index in [1.54, 1.807) is 11.8 Å². The first-order valence-corrected chi connectivity index (χ1v) is 6.95. The standard InChI is InChI=1S/C12H15ClN2OS/c13-8-1-5-10(6-2-8)17-7-11(12(14)16)15-9-3-4-9/h1-2,5-6,9,11,15H,3-4,7H2,(H2,14,16). The Morgan fingerprint density at radius 1 is 1.47 bits per heavy atom. The van der Waals surface area contributed by atoms with Gasteiger partial charge in [0.15, 0.2) is 0 Å². The average molecular weight is 271 g/mol. The highest BCUT2D eigenvalue weighted by atomic mass is 35.5. The summed E-state index contributed by atoms with van der Waals surface area (Å²) in [5.74, 6) is 0.381.